The van der Waals surface area contributed by atoms with Crippen molar-refractivity contribution in [1.82, 2.24) is 4.98 Å². The number of rotatable bonds is 2. The number of nitrogen functional groups attached to an aromatic ring is 1. The molecule has 0 atom stereocenters. The maximum absolute atomic E-state index is 6.12. The van der Waals surface area contributed by atoms with Gasteiger partial charge < -0.3 is 5.73 Å². The van der Waals surface area contributed by atoms with Crippen LogP contribution in [0.5, 0.6) is 0 Å². The van der Waals surface area contributed by atoms with Crippen LogP contribution in [-0.2, 0) is 0 Å². The van der Waals surface area contributed by atoms with Gasteiger partial charge in [-0.15, -0.1) is 11.3 Å². The molecule has 0 spiro atoms. The summed E-state index contributed by atoms with van der Waals surface area (Å²) in [6, 6.07) is 4.40. The van der Waals surface area contributed by atoms with Crippen molar-refractivity contribution in [1.29, 1.82) is 0 Å². The second kappa shape index (κ2) is 4.73. The normalized spacial score (nSPS) is 11.2. The molecule has 0 fully saturated rings. The summed E-state index contributed by atoms with van der Waals surface area (Å²) in [5.41, 5.74) is 12.1. The second-order valence-corrected chi connectivity index (χ2v) is 6.23. The molecule has 3 heteroatoms. The third-order valence-corrected chi connectivity index (χ3v) is 4.44. The van der Waals surface area contributed by atoms with Crippen LogP contribution >= 0.6 is 11.3 Å². The SMILES string of the molecule is Cc1cc(C)c(-c2nc(C(C)C)sc2N)cc1C. The Morgan fingerprint density at radius 3 is 2.22 bits per heavy atom. The maximum atomic E-state index is 6.12. The Labute approximate surface area is 113 Å². The van der Waals surface area contributed by atoms with E-state index in [4.69, 9.17) is 10.7 Å². The summed E-state index contributed by atoms with van der Waals surface area (Å²) in [6.07, 6.45) is 0. The molecule has 2 rings (SSSR count). The average molecular weight is 260 g/mol. The summed E-state index contributed by atoms with van der Waals surface area (Å²) in [7, 11) is 0. The molecule has 0 saturated heterocycles. The van der Waals surface area contributed by atoms with E-state index in [9.17, 15) is 0 Å². The zero-order valence-corrected chi connectivity index (χ0v) is 12.5. The van der Waals surface area contributed by atoms with Crippen LogP contribution < -0.4 is 5.73 Å². The van der Waals surface area contributed by atoms with E-state index < -0.39 is 0 Å². The van der Waals surface area contributed by atoms with E-state index in [-0.39, 0.29) is 0 Å². The van der Waals surface area contributed by atoms with Crippen LogP contribution in [0.4, 0.5) is 5.00 Å². The summed E-state index contributed by atoms with van der Waals surface area (Å²) < 4.78 is 0. The van der Waals surface area contributed by atoms with Crippen molar-refractivity contribution < 1.29 is 0 Å². The van der Waals surface area contributed by atoms with Gasteiger partial charge in [0.1, 0.15) is 10.7 Å². The fourth-order valence-electron chi connectivity index (χ4n) is 2.00. The molecular weight excluding hydrogens is 240 g/mol. The van der Waals surface area contributed by atoms with Gasteiger partial charge in [-0.25, -0.2) is 4.98 Å². The lowest BCUT2D eigenvalue weighted by atomic mass is 9.99. The lowest BCUT2D eigenvalue weighted by Crippen LogP contribution is -1.93. The third kappa shape index (κ3) is 2.27. The summed E-state index contributed by atoms with van der Waals surface area (Å²) >= 11 is 1.60. The zero-order chi connectivity index (χ0) is 13.4. The first-order valence-electron chi connectivity index (χ1n) is 6.24. The minimum Gasteiger partial charge on any atom is -0.389 e. The predicted molar refractivity (Wildman–Crippen MR) is 80.3 cm³/mol. The van der Waals surface area contributed by atoms with Gasteiger partial charge in [-0.05, 0) is 43.5 Å². The van der Waals surface area contributed by atoms with Crippen LogP contribution in [0.2, 0.25) is 0 Å². The van der Waals surface area contributed by atoms with Gasteiger partial charge in [0, 0.05) is 11.5 Å². The van der Waals surface area contributed by atoms with Crippen LogP contribution in [0.25, 0.3) is 11.3 Å². The molecule has 1 aromatic heterocycles. The van der Waals surface area contributed by atoms with Gasteiger partial charge >= 0.3 is 0 Å². The molecule has 2 nitrogen and oxygen atoms in total. The topological polar surface area (TPSA) is 38.9 Å². The largest absolute Gasteiger partial charge is 0.389 e. The smallest absolute Gasteiger partial charge is 0.114 e. The first-order valence-corrected chi connectivity index (χ1v) is 7.06. The lowest BCUT2D eigenvalue weighted by molar-refractivity contribution is 0.853. The summed E-state index contributed by atoms with van der Waals surface area (Å²) in [5, 5.41) is 1.94. The van der Waals surface area contributed by atoms with Crippen LogP contribution in [-0.4, -0.2) is 4.98 Å². The van der Waals surface area contributed by atoms with E-state index >= 15 is 0 Å². The monoisotopic (exact) mass is 260 g/mol. The standard InChI is InChI=1S/C15H20N2S/c1-8(2)15-17-13(14(16)18-15)12-7-10(4)9(3)6-11(12)5/h6-8H,16H2,1-5H3. The van der Waals surface area contributed by atoms with Gasteiger partial charge in [-0.1, -0.05) is 19.9 Å². The van der Waals surface area contributed by atoms with Gasteiger partial charge in [0.05, 0.1) is 5.01 Å². The summed E-state index contributed by atoms with van der Waals surface area (Å²) in [5.74, 6) is 0.429. The number of hydrogen-bond donors (Lipinski definition) is 1. The van der Waals surface area contributed by atoms with Crippen molar-refractivity contribution in [2.75, 3.05) is 5.73 Å². The lowest BCUT2D eigenvalue weighted by Gasteiger charge is -2.08. The number of aromatic nitrogens is 1. The molecule has 1 aromatic carbocycles. The highest BCUT2D eigenvalue weighted by molar-refractivity contribution is 7.16. The van der Waals surface area contributed by atoms with Crippen LogP contribution in [0.15, 0.2) is 12.1 Å². The molecule has 0 bridgehead atoms. The molecule has 0 aliphatic heterocycles. The first-order chi connectivity index (χ1) is 8.40. The Morgan fingerprint density at radius 2 is 1.67 bits per heavy atom. The highest BCUT2D eigenvalue weighted by atomic mass is 32.1. The van der Waals surface area contributed by atoms with E-state index in [0.29, 0.717) is 5.92 Å². The van der Waals surface area contributed by atoms with Crippen LogP contribution in [0.3, 0.4) is 0 Å². The van der Waals surface area contributed by atoms with Crippen molar-refractivity contribution in [3.63, 3.8) is 0 Å². The molecule has 0 saturated carbocycles. The Bertz CT molecular complexity index is 582. The van der Waals surface area contributed by atoms with E-state index in [1.807, 2.05) is 0 Å². The molecule has 0 unspecified atom stereocenters. The Balaban J connectivity index is 2.58. The third-order valence-electron chi connectivity index (χ3n) is 3.26. The molecule has 0 amide bonds. The van der Waals surface area contributed by atoms with Crippen molar-refractivity contribution in [3.05, 3.63) is 33.8 Å². The molecule has 2 aromatic rings. The number of aryl methyl sites for hydroxylation is 3. The number of nitrogens with two attached hydrogens (primary N) is 1. The Hall–Kier alpha value is -1.35. The van der Waals surface area contributed by atoms with Crippen molar-refractivity contribution in [3.8, 4) is 11.3 Å². The average Bonchev–Trinajstić information content (AvgIpc) is 2.66. The van der Waals surface area contributed by atoms with Crippen molar-refractivity contribution in [2.45, 2.75) is 40.5 Å². The van der Waals surface area contributed by atoms with Crippen molar-refractivity contribution in [2.24, 2.45) is 0 Å². The van der Waals surface area contributed by atoms with Gasteiger partial charge in [0.2, 0.25) is 0 Å². The van der Waals surface area contributed by atoms with E-state index in [1.54, 1.807) is 11.3 Å². The fourth-order valence-corrected chi connectivity index (χ4v) is 2.85. The number of thiazole rings is 1. The predicted octanol–water partition coefficient (Wildman–Crippen LogP) is 4.44. The number of hydrogen-bond acceptors (Lipinski definition) is 3. The highest BCUT2D eigenvalue weighted by Crippen LogP contribution is 2.36. The molecule has 0 radical (unpaired) electrons. The van der Waals surface area contributed by atoms with Gasteiger partial charge in [0.15, 0.2) is 0 Å². The second-order valence-electron chi connectivity index (χ2n) is 5.17. The Kier molecular flexibility index (Phi) is 3.44. The fraction of sp³-hybridized carbons (Fsp3) is 0.400. The first kappa shape index (κ1) is 13.1. The van der Waals surface area contributed by atoms with Gasteiger partial charge in [0.25, 0.3) is 0 Å². The quantitative estimate of drug-likeness (QED) is 0.867. The molecule has 18 heavy (non-hydrogen) atoms. The van der Waals surface area contributed by atoms with E-state index in [2.05, 4.69) is 46.8 Å². The maximum Gasteiger partial charge on any atom is 0.114 e. The van der Waals surface area contributed by atoms with Crippen LogP contribution in [0.1, 0.15) is 41.5 Å². The molecular formula is C15H20N2S. The van der Waals surface area contributed by atoms with Gasteiger partial charge in [-0.2, -0.15) is 0 Å². The molecule has 2 N–H and O–H groups in total. The minimum atomic E-state index is 0.429. The molecule has 0 aliphatic carbocycles. The van der Waals surface area contributed by atoms with Gasteiger partial charge in [-0.3, -0.25) is 0 Å². The molecule has 0 aliphatic rings. The Morgan fingerprint density at radius 1 is 1.06 bits per heavy atom. The van der Waals surface area contributed by atoms with Crippen molar-refractivity contribution >= 4 is 16.3 Å². The summed E-state index contributed by atoms with van der Waals surface area (Å²) in [4.78, 5) is 4.70. The zero-order valence-electron chi connectivity index (χ0n) is 11.7. The molecule has 1 heterocycles. The minimum absolute atomic E-state index is 0.429. The highest BCUT2D eigenvalue weighted by Gasteiger charge is 2.15. The summed E-state index contributed by atoms with van der Waals surface area (Å²) in [6.45, 7) is 10.7. The molecule has 96 valence electrons. The van der Waals surface area contributed by atoms with E-state index in [1.165, 1.54) is 22.3 Å². The van der Waals surface area contributed by atoms with E-state index in [0.717, 1.165) is 15.7 Å². The van der Waals surface area contributed by atoms with Crippen LogP contribution in [0, 0.1) is 20.8 Å². The number of benzene rings is 1. The number of anilines is 1. The number of nitrogens with zero attached hydrogens (tertiary/aromatic N) is 1.